The highest BCUT2D eigenvalue weighted by Gasteiger charge is 2.37. The monoisotopic (exact) mass is 732 g/mol. The van der Waals surface area contributed by atoms with Gasteiger partial charge in [0.15, 0.2) is 17.5 Å². The third-order valence-corrected chi connectivity index (χ3v) is 18.4. The molecule has 0 saturated carbocycles. The molecule has 1 aliphatic rings. The highest BCUT2D eigenvalue weighted by molar-refractivity contribution is 6.92. The van der Waals surface area contributed by atoms with Crippen LogP contribution < -0.4 is 5.19 Å². The highest BCUT2D eigenvalue weighted by atomic mass is 28.3. The van der Waals surface area contributed by atoms with E-state index >= 15 is 0 Å². The van der Waals surface area contributed by atoms with Crippen molar-refractivity contribution >= 4 is 24.9 Å². The zero-order valence-electron chi connectivity index (χ0n) is 32.9. The molecule has 0 radical (unpaired) electrons. The number of nitrogens with zero attached hydrogens (tertiary/aromatic N) is 4. The maximum Gasteiger partial charge on any atom is 0.164 e. The molecule has 0 unspecified atom stereocenters. The summed E-state index contributed by atoms with van der Waals surface area (Å²) in [7, 11) is -1.67. The number of rotatable bonds is 9. The summed E-state index contributed by atoms with van der Waals surface area (Å²) in [4.78, 5) is 20.3. The van der Waals surface area contributed by atoms with Crippen LogP contribution in [0.15, 0.2) is 146 Å². The van der Waals surface area contributed by atoms with E-state index in [4.69, 9.17) is 19.9 Å². The van der Waals surface area contributed by atoms with Crippen LogP contribution in [-0.2, 0) is 5.41 Å². The summed E-state index contributed by atoms with van der Waals surface area (Å²) in [5.41, 5.74) is 13.4. The van der Waals surface area contributed by atoms with Gasteiger partial charge in [-0.05, 0) is 80.0 Å². The van der Waals surface area contributed by atoms with E-state index in [1.165, 1.54) is 27.5 Å². The number of allylic oxidation sites excluding steroid dienone is 1. The zero-order chi connectivity index (χ0) is 38.3. The van der Waals surface area contributed by atoms with Crippen LogP contribution in [0, 0.1) is 0 Å². The molecular formula is C50H48N4Si. The van der Waals surface area contributed by atoms with Gasteiger partial charge in [0.25, 0.3) is 0 Å². The first kappa shape index (κ1) is 36.2. The van der Waals surface area contributed by atoms with Crippen LogP contribution in [0.3, 0.4) is 0 Å². The minimum atomic E-state index is -1.67. The fourth-order valence-corrected chi connectivity index (χ4v) is 11.7. The zero-order valence-corrected chi connectivity index (χ0v) is 33.9. The number of hydrogen-bond acceptors (Lipinski definition) is 4. The van der Waals surface area contributed by atoms with Crippen LogP contribution in [-0.4, -0.2) is 28.0 Å². The van der Waals surface area contributed by atoms with Gasteiger partial charge in [0, 0.05) is 33.9 Å². The first-order valence-corrected chi connectivity index (χ1v) is 22.1. The Bertz CT molecular complexity index is 2530. The normalized spacial score (nSPS) is 13.6. The molecular weight excluding hydrogens is 685 g/mol. The smallest absolute Gasteiger partial charge is 0.164 e. The van der Waals surface area contributed by atoms with Gasteiger partial charge in [-0.15, -0.1) is 0 Å². The Morgan fingerprint density at radius 2 is 0.982 bits per heavy atom. The lowest BCUT2D eigenvalue weighted by Crippen LogP contribution is -2.50. The summed E-state index contributed by atoms with van der Waals surface area (Å²) < 4.78 is 0. The number of pyridine rings is 1. The third kappa shape index (κ3) is 6.78. The van der Waals surface area contributed by atoms with Gasteiger partial charge in [-0.25, -0.2) is 15.0 Å². The Morgan fingerprint density at radius 3 is 1.56 bits per heavy atom. The average Bonchev–Trinajstić information content (AvgIpc) is 3.50. The molecule has 1 aliphatic carbocycles. The molecule has 0 fully saturated rings. The van der Waals surface area contributed by atoms with Crippen LogP contribution in [0.5, 0.6) is 0 Å². The highest BCUT2D eigenvalue weighted by Crippen LogP contribution is 2.47. The van der Waals surface area contributed by atoms with E-state index in [-0.39, 0.29) is 5.41 Å². The average molecular weight is 733 g/mol. The van der Waals surface area contributed by atoms with E-state index in [2.05, 4.69) is 182 Å². The van der Waals surface area contributed by atoms with Gasteiger partial charge in [-0.3, -0.25) is 4.98 Å². The van der Waals surface area contributed by atoms with E-state index in [9.17, 15) is 0 Å². The quantitative estimate of drug-likeness (QED) is 0.139. The molecule has 2 heterocycles. The predicted octanol–water partition coefficient (Wildman–Crippen LogP) is 12.5. The standard InChI is InChI=1S/C50H48N4Si/c1-33(2)55(7,34(3)4)43-26-27-46(51-32-43)40-22-13-19-36(28-40)37-20-14-23-41(29-37)48-52-47(35-16-9-8-10-17-35)53-49(54-48)42-24-15-21-38(30-42)45-31-39-18-11-12-25-44(39)50(45,5)6/h8-34H,1-7H3. The summed E-state index contributed by atoms with van der Waals surface area (Å²) in [6.07, 6.45) is 4.46. The maximum absolute atomic E-state index is 5.15. The van der Waals surface area contributed by atoms with E-state index in [0.717, 1.165) is 39.1 Å². The fraction of sp³-hybridized carbons (Fsp3) is 0.200. The second kappa shape index (κ2) is 14.5. The second-order valence-electron chi connectivity index (χ2n) is 16.2. The molecule has 0 spiro atoms. The second-order valence-corrected chi connectivity index (χ2v) is 21.7. The molecule has 272 valence electrons. The van der Waals surface area contributed by atoms with Crippen LogP contribution >= 0.6 is 0 Å². The largest absolute Gasteiger partial charge is 0.256 e. The molecule has 0 atom stereocenters. The van der Waals surface area contributed by atoms with Gasteiger partial charge in [0.1, 0.15) is 0 Å². The Hall–Kier alpha value is -5.78. The van der Waals surface area contributed by atoms with Crippen molar-refractivity contribution in [2.75, 3.05) is 0 Å². The Morgan fingerprint density at radius 1 is 0.491 bits per heavy atom. The Balaban J connectivity index is 1.16. The van der Waals surface area contributed by atoms with Crippen molar-refractivity contribution in [3.05, 3.63) is 162 Å². The number of hydrogen-bond donors (Lipinski definition) is 0. The Labute approximate surface area is 327 Å². The van der Waals surface area contributed by atoms with Gasteiger partial charge in [-0.2, -0.15) is 0 Å². The van der Waals surface area contributed by atoms with Crippen LogP contribution in [0.1, 0.15) is 58.2 Å². The van der Waals surface area contributed by atoms with Crippen molar-refractivity contribution in [3.8, 4) is 56.5 Å². The minimum absolute atomic E-state index is 0.115. The van der Waals surface area contributed by atoms with Crippen molar-refractivity contribution < 1.29 is 0 Å². The molecule has 2 aromatic heterocycles. The molecule has 4 nitrogen and oxygen atoms in total. The van der Waals surface area contributed by atoms with Gasteiger partial charge < -0.3 is 0 Å². The van der Waals surface area contributed by atoms with Gasteiger partial charge >= 0.3 is 0 Å². The lowest BCUT2D eigenvalue weighted by molar-refractivity contribution is 0.704. The first-order valence-electron chi connectivity index (χ1n) is 19.4. The van der Waals surface area contributed by atoms with E-state index in [1.807, 2.05) is 18.2 Å². The van der Waals surface area contributed by atoms with Crippen molar-refractivity contribution in [3.63, 3.8) is 0 Å². The SMILES string of the molecule is CC(C)[Si](C)(c1ccc(-c2cccc(-c3cccc(-c4nc(-c5ccccc5)nc(-c5cccc(C6=Cc7ccccc7C6(C)C)c5)n4)c3)c2)nc1)C(C)C. The number of benzene rings is 5. The number of fused-ring (bicyclic) bond motifs is 1. The molecule has 0 N–H and O–H groups in total. The molecule has 55 heavy (non-hydrogen) atoms. The molecule has 0 aliphatic heterocycles. The van der Waals surface area contributed by atoms with Crippen LogP contribution in [0.4, 0.5) is 0 Å². The molecule has 0 bridgehead atoms. The summed E-state index contributed by atoms with van der Waals surface area (Å²) >= 11 is 0. The topological polar surface area (TPSA) is 51.6 Å². The first-order chi connectivity index (χ1) is 26.5. The Kier molecular flexibility index (Phi) is 9.52. The van der Waals surface area contributed by atoms with Crippen molar-refractivity contribution in [2.45, 2.75) is 64.6 Å². The van der Waals surface area contributed by atoms with Crippen molar-refractivity contribution in [1.29, 1.82) is 0 Å². The van der Waals surface area contributed by atoms with E-state index < -0.39 is 8.07 Å². The minimum Gasteiger partial charge on any atom is -0.256 e. The van der Waals surface area contributed by atoms with Gasteiger partial charge in [0.2, 0.25) is 0 Å². The third-order valence-electron chi connectivity index (χ3n) is 12.1. The predicted molar refractivity (Wildman–Crippen MR) is 234 cm³/mol. The van der Waals surface area contributed by atoms with Crippen molar-refractivity contribution in [1.82, 2.24) is 19.9 Å². The molecule has 0 amide bonds. The summed E-state index contributed by atoms with van der Waals surface area (Å²) in [6, 6.07) is 49.2. The fourth-order valence-electron chi connectivity index (χ4n) is 8.21. The number of aromatic nitrogens is 4. The lowest BCUT2D eigenvalue weighted by atomic mass is 9.78. The van der Waals surface area contributed by atoms with E-state index in [1.54, 1.807) is 0 Å². The summed E-state index contributed by atoms with van der Waals surface area (Å²) in [6.45, 7) is 16.6. The maximum atomic E-state index is 5.15. The van der Waals surface area contributed by atoms with Crippen molar-refractivity contribution in [2.24, 2.45) is 0 Å². The van der Waals surface area contributed by atoms with Crippen LogP contribution in [0.25, 0.3) is 68.2 Å². The summed E-state index contributed by atoms with van der Waals surface area (Å²) in [5, 5.41) is 1.42. The van der Waals surface area contributed by atoms with E-state index in [0.29, 0.717) is 28.6 Å². The molecule has 7 aromatic rings. The summed E-state index contributed by atoms with van der Waals surface area (Å²) in [5.74, 6) is 1.94. The lowest BCUT2D eigenvalue weighted by Gasteiger charge is -2.36. The van der Waals surface area contributed by atoms with Gasteiger partial charge in [-0.1, -0.05) is 163 Å². The molecule has 8 rings (SSSR count). The molecule has 0 saturated heterocycles. The van der Waals surface area contributed by atoms with Crippen LogP contribution in [0.2, 0.25) is 17.6 Å². The molecule has 5 aromatic carbocycles. The molecule has 5 heteroatoms. The van der Waals surface area contributed by atoms with Gasteiger partial charge in [0.05, 0.1) is 13.8 Å².